The number of benzene rings is 1. The van der Waals surface area contributed by atoms with Gasteiger partial charge < -0.3 is 10.1 Å². The van der Waals surface area contributed by atoms with Crippen LogP contribution in [-0.4, -0.2) is 21.0 Å². The fourth-order valence-corrected chi connectivity index (χ4v) is 1.62. The molecule has 0 aliphatic rings. The molecular weight excluding hydrogens is 235 g/mol. The molecule has 0 aliphatic heterocycles. The number of nitrogens with zero attached hydrogens (tertiary/aromatic N) is 1. The number of rotatable bonds is 2. The first-order valence-corrected chi connectivity index (χ1v) is 4.70. The molecule has 2 aromatic rings. The van der Waals surface area contributed by atoms with Gasteiger partial charge in [-0.05, 0) is 12.1 Å². The summed E-state index contributed by atoms with van der Waals surface area (Å²) >= 11 is 5.81. The Morgan fingerprint density at radius 3 is 2.88 bits per heavy atom. The number of halogens is 2. The van der Waals surface area contributed by atoms with E-state index in [2.05, 4.69) is 9.97 Å². The van der Waals surface area contributed by atoms with Gasteiger partial charge in [-0.15, -0.1) is 0 Å². The molecule has 0 unspecified atom stereocenters. The number of nitrogens with one attached hydrogen (secondary N) is 1. The molecule has 1 aromatic heterocycles. The van der Waals surface area contributed by atoms with Gasteiger partial charge in [-0.1, -0.05) is 17.7 Å². The molecular formula is C10H6ClFN2O2. The van der Waals surface area contributed by atoms with E-state index in [-0.39, 0.29) is 22.0 Å². The SMILES string of the molecule is O=C(O)c1[nH]cnc1-c1c(F)cccc1Cl. The second kappa shape index (κ2) is 3.94. The zero-order valence-corrected chi connectivity index (χ0v) is 8.62. The van der Waals surface area contributed by atoms with Crippen LogP contribution >= 0.6 is 11.6 Å². The van der Waals surface area contributed by atoms with E-state index in [1.54, 1.807) is 0 Å². The summed E-state index contributed by atoms with van der Waals surface area (Å²) in [7, 11) is 0. The average molecular weight is 241 g/mol. The maximum absolute atomic E-state index is 13.5. The molecule has 82 valence electrons. The van der Waals surface area contributed by atoms with Crippen LogP contribution in [0.3, 0.4) is 0 Å². The van der Waals surface area contributed by atoms with Crippen molar-refractivity contribution in [2.24, 2.45) is 0 Å². The van der Waals surface area contributed by atoms with Gasteiger partial charge in [0.1, 0.15) is 11.5 Å². The molecule has 16 heavy (non-hydrogen) atoms. The number of carboxylic acid groups (broad SMARTS) is 1. The van der Waals surface area contributed by atoms with E-state index in [4.69, 9.17) is 16.7 Å². The Morgan fingerprint density at radius 2 is 2.25 bits per heavy atom. The standard InChI is InChI=1S/C10H6ClFN2O2/c11-5-2-1-3-6(12)7(5)8-9(10(15)16)14-4-13-8/h1-4H,(H,13,14)(H,15,16). The minimum Gasteiger partial charge on any atom is -0.477 e. The lowest BCUT2D eigenvalue weighted by Gasteiger charge is -2.03. The van der Waals surface area contributed by atoms with E-state index in [1.165, 1.54) is 24.5 Å². The van der Waals surface area contributed by atoms with Gasteiger partial charge >= 0.3 is 5.97 Å². The lowest BCUT2D eigenvalue weighted by atomic mass is 10.1. The molecule has 0 aliphatic carbocycles. The van der Waals surface area contributed by atoms with Gasteiger partial charge in [-0.2, -0.15) is 0 Å². The Balaban J connectivity index is 2.68. The summed E-state index contributed by atoms with van der Waals surface area (Å²) in [6.45, 7) is 0. The molecule has 0 bridgehead atoms. The Kier molecular flexibility index (Phi) is 2.62. The molecule has 0 saturated carbocycles. The third-order valence-corrected chi connectivity index (χ3v) is 2.37. The summed E-state index contributed by atoms with van der Waals surface area (Å²) in [5, 5.41) is 8.98. The lowest BCUT2D eigenvalue weighted by molar-refractivity contribution is 0.0692. The second-order valence-electron chi connectivity index (χ2n) is 3.03. The van der Waals surface area contributed by atoms with Gasteiger partial charge in [0.05, 0.1) is 16.9 Å². The van der Waals surface area contributed by atoms with Crippen molar-refractivity contribution < 1.29 is 14.3 Å². The predicted molar refractivity (Wildman–Crippen MR) is 56.0 cm³/mol. The van der Waals surface area contributed by atoms with Crippen LogP contribution in [0.5, 0.6) is 0 Å². The van der Waals surface area contributed by atoms with Crippen LogP contribution in [0.15, 0.2) is 24.5 Å². The Labute approximate surface area is 94.7 Å². The topological polar surface area (TPSA) is 66.0 Å². The number of carboxylic acids is 1. The van der Waals surface area contributed by atoms with Crippen LogP contribution in [0.1, 0.15) is 10.5 Å². The number of imidazole rings is 1. The molecule has 0 radical (unpaired) electrons. The highest BCUT2D eigenvalue weighted by atomic mass is 35.5. The van der Waals surface area contributed by atoms with Crippen molar-refractivity contribution >= 4 is 17.6 Å². The Hall–Kier alpha value is -1.88. The largest absolute Gasteiger partial charge is 0.477 e. The molecule has 0 saturated heterocycles. The van der Waals surface area contributed by atoms with E-state index in [0.717, 1.165) is 0 Å². The Morgan fingerprint density at radius 1 is 1.50 bits per heavy atom. The van der Waals surface area contributed by atoms with Crippen molar-refractivity contribution in [2.75, 3.05) is 0 Å². The molecule has 0 spiro atoms. The Bertz CT molecular complexity index is 533. The van der Waals surface area contributed by atoms with Crippen molar-refractivity contribution in [1.29, 1.82) is 0 Å². The van der Waals surface area contributed by atoms with Crippen LogP contribution in [0.4, 0.5) is 4.39 Å². The maximum Gasteiger partial charge on any atom is 0.354 e. The maximum atomic E-state index is 13.5. The van der Waals surface area contributed by atoms with E-state index in [9.17, 15) is 9.18 Å². The number of aromatic nitrogens is 2. The predicted octanol–water partition coefficient (Wildman–Crippen LogP) is 2.57. The van der Waals surface area contributed by atoms with Crippen LogP contribution in [0.25, 0.3) is 11.3 Å². The smallest absolute Gasteiger partial charge is 0.354 e. The number of aromatic carboxylic acids is 1. The number of hydrogen-bond acceptors (Lipinski definition) is 2. The number of hydrogen-bond donors (Lipinski definition) is 2. The zero-order chi connectivity index (χ0) is 11.7. The lowest BCUT2D eigenvalue weighted by Crippen LogP contribution is -2.00. The van der Waals surface area contributed by atoms with Crippen molar-refractivity contribution in [3.05, 3.63) is 41.1 Å². The quantitative estimate of drug-likeness (QED) is 0.848. The van der Waals surface area contributed by atoms with Crippen molar-refractivity contribution in [3.63, 3.8) is 0 Å². The highest BCUT2D eigenvalue weighted by Crippen LogP contribution is 2.30. The van der Waals surface area contributed by atoms with Gasteiger partial charge in [0, 0.05) is 0 Å². The molecule has 6 heteroatoms. The molecule has 0 amide bonds. The summed E-state index contributed by atoms with van der Waals surface area (Å²) in [5.41, 5.74) is -0.203. The van der Waals surface area contributed by atoms with Crippen LogP contribution in [-0.2, 0) is 0 Å². The number of H-pyrrole nitrogens is 1. The van der Waals surface area contributed by atoms with Crippen LogP contribution in [0.2, 0.25) is 5.02 Å². The second-order valence-corrected chi connectivity index (χ2v) is 3.44. The minimum atomic E-state index is -1.22. The molecule has 0 atom stereocenters. The van der Waals surface area contributed by atoms with Crippen molar-refractivity contribution in [2.45, 2.75) is 0 Å². The first-order chi connectivity index (χ1) is 7.61. The van der Waals surface area contributed by atoms with Crippen molar-refractivity contribution in [1.82, 2.24) is 9.97 Å². The summed E-state index contributed by atoms with van der Waals surface area (Å²) in [5.74, 6) is -1.83. The number of carbonyl (C=O) groups is 1. The minimum absolute atomic E-state index is 0.00407. The number of aromatic amines is 1. The van der Waals surface area contributed by atoms with E-state index in [1.807, 2.05) is 0 Å². The molecule has 2 rings (SSSR count). The summed E-state index contributed by atoms with van der Waals surface area (Å²) in [6.07, 6.45) is 1.18. The van der Waals surface area contributed by atoms with E-state index in [0.29, 0.717) is 0 Å². The van der Waals surface area contributed by atoms with Crippen molar-refractivity contribution in [3.8, 4) is 11.3 Å². The molecule has 0 fully saturated rings. The van der Waals surface area contributed by atoms with Gasteiger partial charge in [0.15, 0.2) is 5.69 Å². The zero-order valence-electron chi connectivity index (χ0n) is 7.87. The highest BCUT2D eigenvalue weighted by molar-refractivity contribution is 6.33. The third kappa shape index (κ3) is 1.65. The first kappa shape index (κ1) is 10.6. The summed E-state index contributed by atoms with van der Waals surface area (Å²) in [6, 6.07) is 4.11. The highest BCUT2D eigenvalue weighted by Gasteiger charge is 2.19. The monoisotopic (exact) mass is 240 g/mol. The van der Waals surface area contributed by atoms with Crippen LogP contribution < -0.4 is 0 Å². The third-order valence-electron chi connectivity index (χ3n) is 2.05. The average Bonchev–Trinajstić information content (AvgIpc) is 2.66. The summed E-state index contributed by atoms with van der Waals surface area (Å²) in [4.78, 5) is 17.0. The normalized spacial score (nSPS) is 10.4. The van der Waals surface area contributed by atoms with Gasteiger partial charge in [-0.25, -0.2) is 14.2 Å². The van der Waals surface area contributed by atoms with Gasteiger partial charge in [-0.3, -0.25) is 0 Å². The van der Waals surface area contributed by atoms with Crippen LogP contribution in [0, 0.1) is 5.82 Å². The fourth-order valence-electron chi connectivity index (χ4n) is 1.37. The van der Waals surface area contributed by atoms with E-state index < -0.39 is 11.8 Å². The molecule has 4 nitrogen and oxygen atoms in total. The summed E-state index contributed by atoms with van der Waals surface area (Å²) < 4.78 is 13.5. The molecule has 2 N–H and O–H groups in total. The molecule has 1 aromatic carbocycles. The van der Waals surface area contributed by atoms with Gasteiger partial charge in [0.2, 0.25) is 0 Å². The molecule has 1 heterocycles. The fraction of sp³-hybridized carbons (Fsp3) is 0. The first-order valence-electron chi connectivity index (χ1n) is 4.32. The van der Waals surface area contributed by atoms with E-state index >= 15 is 0 Å². The van der Waals surface area contributed by atoms with Gasteiger partial charge in [0.25, 0.3) is 0 Å².